The standard InChI is InChI=1S/C10H11F4NO2.ClH/c1-17-7-4-5(2-3-6(7)11)8(15)9(16)10(12,13)14;/h2-4,8-9,16H,15H2,1H3;1H/t8-,9-;/m1./s1. The number of benzene rings is 1. The average molecular weight is 290 g/mol. The van der Waals surface area contributed by atoms with Gasteiger partial charge in [0.2, 0.25) is 0 Å². The Labute approximate surface area is 107 Å². The van der Waals surface area contributed by atoms with E-state index in [2.05, 4.69) is 4.74 Å². The molecule has 0 spiro atoms. The summed E-state index contributed by atoms with van der Waals surface area (Å²) in [6.07, 6.45) is -7.54. The van der Waals surface area contributed by atoms with Gasteiger partial charge in [0, 0.05) is 0 Å². The summed E-state index contributed by atoms with van der Waals surface area (Å²) in [5, 5.41) is 8.96. The zero-order chi connectivity index (χ0) is 13.2. The Morgan fingerprint density at radius 1 is 1.33 bits per heavy atom. The summed E-state index contributed by atoms with van der Waals surface area (Å²) in [6.45, 7) is 0. The molecule has 0 heterocycles. The van der Waals surface area contributed by atoms with Crippen molar-refractivity contribution in [1.82, 2.24) is 0 Å². The molecule has 2 atom stereocenters. The van der Waals surface area contributed by atoms with Crippen molar-refractivity contribution in [2.75, 3.05) is 7.11 Å². The Morgan fingerprint density at radius 2 is 1.89 bits per heavy atom. The third-order valence-electron chi connectivity index (χ3n) is 2.24. The Balaban J connectivity index is 0.00000289. The zero-order valence-electron chi connectivity index (χ0n) is 9.24. The highest BCUT2D eigenvalue weighted by atomic mass is 35.5. The molecule has 104 valence electrons. The molecule has 3 nitrogen and oxygen atoms in total. The molecule has 0 aliphatic heterocycles. The smallest absolute Gasteiger partial charge is 0.416 e. The maximum atomic E-state index is 13.0. The Bertz CT molecular complexity index is 400. The predicted molar refractivity (Wildman–Crippen MR) is 59.2 cm³/mol. The largest absolute Gasteiger partial charge is 0.494 e. The lowest BCUT2D eigenvalue weighted by atomic mass is 10.0. The maximum absolute atomic E-state index is 13.0. The van der Waals surface area contributed by atoms with E-state index in [0.717, 1.165) is 18.2 Å². The van der Waals surface area contributed by atoms with Gasteiger partial charge >= 0.3 is 6.18 Å². The molecule has 0 saturated carbocycles. The van der Waals surface area contributed by atoms with Crippen molar-refractivity contribution in [2.45, 2.75) is 18.3 Å². The molecular weight excluding hydrogens is 278 g/mol. The van der Waals surface area contributed by atoms with Crippen LogP contribution in [0.25, 0.3) is 0 Å². The van der Waals surface area contributed by atoms with Crippen molar-refractivity contribution in [3.8, 4) is 5.75 Å². The lowest BCUT2D eigenvalue weighted by Gasteiger charge is -2.22. The van der Waals surface area contributed by atoms with Crippen molar-refractivity contribution in [1.29, 1.82) is 0 Å². The first-order valence-corrected chi connectivity index (χ1v) is 4.61. The maximum Gasteiger partial charge on any atom is 0.416 e. The van der Waals surface area contributed by atoms with E-state index >= 15 is 0 Å². The number of aliphatic hydroxyl groups is 1. The van der Waals surface area contributed by atoms with Gasteiger partial charge < -0.3 is 15.6 Å². The van der Waals surface area contributed by atoms with Gasteiger partial charge in [-0.1, -0.05) is 6.07 Å². The van der Waals surface area contributed by atoms with Crippen LogP contribution in [-0.2, 0) is 0 Å². The summed E-state index contributed by atoms with van der Waals surface area (Å²) in [5.41, 5.74) is 5.19. The summed E-state index contributed by atoms with van der Waals surface area (Å²) < 4.78 is 54.3. The van der Waals surface area contributed by atoms with E-state index in [-0.39, 0.29) is 23.7 Å². The van der Waals surface area contributed by atoms with Gasteiger partial charge in [0.05, 0.1) is 13.2 Å². The number of ether oxygens (including phenoxy) is 1. The summed E-state index contributed by atoms with van der Waals surface area (Å²) in [7, 11) is 1.17. The van der Waals surface area contributed by atoms with Crippen molar-refractivity contribution in [3.63, 3.8) is 0 Å². The van der Waals surface area contributed by atoms with E-state index in [1.807, 2.05) is 0 Å². The fourth-order valence-electron chi connectivity index (χ4n) is 1.27. The molecule has 3 N–H and O–H groups in total. The minimum atomic E-state index is -4.83. The monoisotopic (exact) mass is 289 g/mol. The van der Waals surface area contributed by atoms with Crippen LogP contribution in [0.1, 0.15) is 11.6 Å². The Kier molecular flexibility index (Phi) is 5.85. The molecular formula is C10H12ClF4NO2. The summed E-state index contributed by atoms with van der Waals surface area (Å²) in [6, 6.07) is 1.33. The van der Waals surface area contributed by atoms with Crippen LogP contribution in [0.5, 0.6) is 5.75 Å². The van der Waals surface area contributed by atoms with Gasteiger partial charge in [-0.25, -0.2) is 4.39 Å². The van der Waals surface area contributed by atoms with E-state index in [9.17, 15) is 17.6 Å². The number of methoxy groups -OCH3 is 1. The highest BCUT2D eigenvalue weighted by Crippen LogP contribution is 2.30. The van der Waals surface area contributed by atoms with Crippen LogP contribution in [0.4, 0.5) is 17.6 Å². The Morgan fingerprint density at radius 3 is 2.33 bits per heavy atom. The number of rotatable bonds is 3. The van der Waals surface area contributed by atoms with Crippen LogP contribution >= 0.6 is 12.4 Å². The lowest BCUT2D eigenvalue weighted by molar-refractivity contribution is -0.210. The van der Waals surface area contributed by atoms with Crippen molar-refractivity contribution in [3.05, 3.63) is 29.6 Å². The molecule has 0 saturated heterocycles. The molecule has 0 aliphatic carbocycles. The van der Waals surface area contributed by atoms with Crippen LogP contribution in [0.2, 0.25) is 0 Å². The van der Waals surface area contributed by atoms with Crippen molar-refractivity contribution < 1.29 is 27.4 Å². The van der Waals surface area contributed by atoms with Crippen LogP contribution in [-0.4, -0.2) is 24.5 Å². The van der Waals surface area contributed by atoms with E-state index in [1.54, 1.807) is 0 Å². The van der Waals surface area contributed by atoms with Crippen LogP contribution < -0.4 is 10.5 Å². The highest BCUT2D eigenvalue weighted by molar-refractivity contribution is 5.85. The quantitative estimate of drug-likeness (QED) is 0.839. The molecule has 8 heteroatoms. The molecule has 0 aliphatic rings. The number of halogens is 5. The third kappa shape index (κ3) is 3.72. The molecule has 0 unspecified atom stereocenters. The molecule has 1 aromatic rings. The van der Waals surface area contributed by atoms with Gasteiger partial charge in [0.15, 0.2) is 17.7 Å². The van der Waals surface area contributed by atoms with E-state index in [4.69, 9.17) is 10.8 Å². The van der Waals surface area contributed by atoms with Crippen molar-refractivity contribution in [2.24, 2.45) is 5.73 Å². The van der Waals surface area contributed by atoms with Crippen LogP contribution in [0.15, 0.2) is 18.2 Å². The first kappa shape index (κ1) is 16.9. The highest BCUT2D eigenvalue weighted by Gasteiger charge is 2.42. The first-order chi connectivity index (χ1) is 7.77. The SMILES string of the molecule is COc1cc([C@@H](N)[C@@H](O)C(F)(F)F)ccc1F.Cl. The van der Waals surface area contributed by atoms with Gasteiger partial charge in [-0.15, -0.1) is 12.4 Å². The molecule has 0 fully saturated rings. The molecule has 1 rings (SSSR count). The normalized spacial score (nSPS) is 14.6. The Hall–Kier alpha value is -1.05. The lowest BCUT2D eigenvalue weighted by Crippen LogP contribution is -2.38. The van der Waals surface area contributed by atoms with E-state index < -0.39 is 24.1 Å². The summed E-state index contributed by atoms with van der Waals surface area (Å²) in [5.74, 6) is -0.947. The fourth-order valence-corrected chi connectivity index (χ4v) is 1.27. The number of nitrogens with two attached hydrogens (primary N) is 1. The predicted octanol–water partition coefficient (Wildman–Crippen LogP) is 2.18. The molecule has 0 bridgehead atoms. The summed E-state index contributed by atoms with van der Waals surface area (Å²) in [4.78, 5) is 0. The minimum absolute atomic E-state index is 0. The van der Waals surface area contributed by atoms with E-state index in [1.165, 1.54) is 7.11 Å². The third-order valence-corrected chi connectivity index (χ3v) is 2.24. The minimum Gasteiger partial charge on any atom is -0.494 e. The molecule has 0 radical (unpaired) electrons. The number of aliphatic hydroxyl groups excluding tert-OH is 1. The second-order valence-corrected chi connectivity index (χ2v) is 3.41. The van der Waals surface area contributed by atoms with E-state index in [0.29, 0.717) is 0 Å². The summed E-state index contributed by atoms with van der Waals surface area (Å²) >= 11 is 0. The van der Waals surface area contributed by atoms with Gasteiger partial charge in [0.1, 0.15) is 0 Å². The topological polar surface area (TPSA) is 55.5 Å². The van der Waals surface area contributed by atoms with Gasteiger partial charge in [-0.05, 0) is 17.7 Å². The van der Waals surface area contributed by atoms with Crippen molar-refractivity contribution >= 4 is 12.4 Å². The van der Waals surface area contributed by atoms with Gasteiger partial charge in [-0.3, -0.25) is 0 Å². The fraction of sp³-hybridized carbons (Fsp3) is 0.400. The van der Waals surface area contributed by atoms with Crippen LogP contribution in [0.3, 0.4) is 0 Å². The first-order valence-electron chi connectivity index (χ1n) is 4.61. The second kappa shape index (κ2) is 6.21. The molecule has 0 amide bonds. The molecule has 18 heavy (non-hydrogen) atoms. The van der Waals surface area contributed by atoms with Crippen LogP contribution in [0, 0.1) is 5.82 Å². The van der Waals surface area contributed by atoms with Gasteiger partial charge in [0.25, 0.3) is 0 Å². The van der Waals surface area contributed by atoms with Gasteiger partial charge in [-0.2, -0.15) is 13.2 Å². The number of alkyl halides is 3. The molecule has 1 aromatic carbocycles. The zero-order valence-corrected chi connectivity index (χ0v) is 10.1. The average Bonchev–Trinajstić information content (AvgIpc) is 2.26. The second-order valence-electron chi connectivity index (χ2n) is 3.41. The molecule has 0 aromatic heterocycles. The number of hydrogen-bond donors (Lipinski definition) is 2. The number of hydrogen-bond acceptors (Lipinski definition) is 3.